The van der Waals surface area contributed by atoms with E-state index in [4.69, 9.17) is 11.6 Å². The minimum Gasteiger partial charge on any atom is -0.209 e. The molecule has 1 aromatic carbocycles. The summed E-state index contributed by atoms with van der Waals surface area (Å²) >= 11 is 5.87. The lowest BCUT2D eigenvalue weighted by molar-refractivity contribution is 0.548. The second-order valence-corrected chi connectivity index (χ2v) is 6.77. The highest BCUT2D eigenvalue weighted by Gasteiger charge is 2.23. The molecule has 0 amide bonds. The molecule has 1 aromatic rings. The van der Waals surface area contributed by atoms with Crippen molar-refractivity contribution in [3.63, 3.8) is 0 Å². The lowest BCUT2D eigenvalue weighted by atomic mass is 10.0. The minimum absolute atomic E-state index is 0.0295. The highest BCUT2D eigenvalue weighted by Crippen LogP contribution is 2.30. The molecule has 0 aliphatic carbocycles. The number of hydrogen-bond acceptors (Lipinski definition) is 2. The van der Waals surface area contributed by atoms with Crippen LogP contribution in [0, 0.1) is 5.82 Å². The molecular weight excluding hydrogens is 277 g/mol. The summed E-state index contributed by atoms with van der Waals surface area (Å²) in [5, 5.41) is -0.128. The molecular formula is C12H17ClFNO2S. The first-order chi connectivity index (χ1) is 8.16. The fourth-order valence-corrected chi connectivity index (χ4v) is 3.35. The molecule has 1 N–H and O–H groups in total. The molecule has 0 bridgehead atoms. The Morgan fingerprint density at radius 1 is 1.22 bits per heavy atom. The van der Waals surface area contributed by atoms with Gasteiger partial charge in [-0.3, -0.25) is 0 Å². The number of benzene rings is 1. The maximum Gasteiger partial charge on any atom is 0.243 e. The van der Waals surface area contributed by atoms with Crippen molar-refractivity contribution < 1.29 is 12.8 Å². The summed E-state index contributed by atoms with van der Waals surface area (Å²) in [5.41, 5.74) is 0.595. The molecule has 6 heteroatoms. The van der Waals surface area contributed by atoms with Gasteiger partial charge in [0.1, 0.15) is 4.90 Å². The summed E-state index contributed by atoms with van der Waals surface area (Å²) in [7, 11) is -3.86. The van der Waals surface area contributed by atoms with Crippen molar-refractivity contribution >= 4 is 21.6 Å². The monoisotopic (exact) mass is 293 g/mol. The standard InChI is InChI=1S/C12H17ClFNO2S/c1-7(2)9-5-6-10(12(14)11(9)13)18(16,17)15-8(3)4/h5-8,15H,1-4H3. The number of halogens is 2. The number of hydrogen-bond donors (Lipinski definition) is 1. The van der Waals surface area contributed by atoms with E-state index < -0.39 is 20.7 Å². The van der Waals surface area contributed by atoms with Crippen molar-refractivity contribution in [1.29, 1.82) is 0 Å². The van der Waals surface area contributed by atoms with E-state index in [0.717, 1.165) is 0 Å². The molecule has 0 aliphatic heterocycles. The molecule has 0 saturated carbocycles. The van der Waals surface area contributed by atoms with Crippen LogP contribution in [0.25, 0.3) is 0 Å². The van der Waals surface area contributed by atoms with Gasteiger partial charge in [-0.05, 0) is 31.4 Å². The molecule has 0 saturated heterocycles. The maximum absolute atomic E-state index is 14.0. The Bertz CT molecular complexity index is 541. The zero-order valence-electron chi connectivity index (χ0n) is 10.8. The fourth-order valence-electron chi connectivity index (χ4n) is 1.57. The third-order valence-corrected chi connectivity index (χ3v) is 4.44. The molecule has 18 heavy (non-hydrogen) atoms. The van der Waals surface area contributed by atoms with Gasteiger partial charge in [0.05, 0.1) is 5.02 Å². The molecule has 0 fully saturated rings. The van der Waals surface area contributed by atoms with E-state index in [1.165, 1.54) is 6.07 Å². The van der Waals surface area contributed by atoms with E-state index in [9.17, 15) is 12.8 Å². The van der Waals surface area contributed by atoms with E-state index >= 15 is 0 Å². The number of sulfonamides is 1. The molecule has 0 spiro atoms. The van der Waals surface area contributed by atoms with Gasteiger partial charge in [-0.1, -0.05) is 31.5 Å². The third kappa shape index (κ3) is 3.22. The van der Waals surface area contributed by atoms with E-state index in [0.29, 0.717) is 5.56 Å². The summed E-state index contributed by atoms with van der Waals surface area (Å²) < 4.78 is 40.1. The van der Waals surface area contributed by atoms with Gasteiger partial charge in [-0.2, -0.15) is 0 Å². The predicted octanol–water partition coefficient (Wildman–Crippen LogP) is 3.29. The SMILES string of the molecule is CC(C)NS(=O)(=O)c1ccc(C(C)C)c(Cl)c1F. The molecule has 0 aromatic heterocycles. The molecule has 0 unspecified atom stereocenters. The Labute approximate surface area is 112 Å². The van der Waals surface area contributed by atoms with Gasteiger partial charge in [0.2, 0.25) is 10.0 Å². The highest BCUT2D eigenvalue weighted by atomic mass is 35.5. The van der Waals surface area contributed by atoms with E-state index in [2.05, 4.69) is 4.72 Å². The normalized spacial score (nSPS) is 12.4. The first kappa shape index (κ1) is 15.4. The summed E-state index contributed by atoms with van der Waals surface area (Å²) in [6.45, 7) is 7.06. The van der Waals surface area contributed by atoms with Gasteiger partial charge in [-0.25, -0.2) is 17.5 Å². The van der Waals surface area contributed by atoms with Gasteiger partial charge in [0, 0.05) is 6.04 Å². The van der Waals surface area contributed by atoms with Crippen LogP contribution in [0.2, 0.25) is 5.02 Å². The summed E-state index contributed by atoms with van der Waals surface area (Å²) in [4.78, 5) is -0.411. The summed E-state index contributed by atoms with van der Waals surface area (Å²) in [6.07, 6.45) is 0. The summed E-state index contributed by atoms with van der Waals surface area (Å²) in [6, 6.07) is 2.49. The molecule has 0 radical (unpaired) electrons. The lowest BCUT2D eigenvalue weighted by Gasteiger charge is -2.14. The maximum atomic E-state index is 14.0. The Morgan fingerprint density at radius 2 is 1.78 bits per heavy atom. The van der Waals surface area contributed by atoms with Crippen molar-refractivity contribution in [3.8, 4) is 0 Å². The fraction of sp³-hybridized carbons (Fsp3) is 0.500. The Hall–Kier alpha value is -0.650. The van der Waals surface area contributed by atoms with Crippen LogP contribution in [0.3, 0.4) is 0 Å². The lowest BCUT2D eigenvalue weighted by Crippen LogP contribution is -2.31. The zero-order chi connectivity index (χ0) is 14.1. The third-order valence-electron chi connectivity index (χ3n) is 2.38. The molecule has 102 valence electrons. The van der Waals surface area contributed by atoms with E-state index in [-0.39, 0.29) is 17.0 Å². The van der Waals surface area contributed by atoms with Crippen LogP contribution >= 0.6 is 11.6 Å². The zero-order valence-corrected chi connectivity index (χ0v) is 12.4. The summed E-state index contributed by atoms with van der Waals surface area (Å²) in [5.74, 6) is -0.863. The van der Waals surface area contributed by atoms with Crippen molar-refractivity contribution in [3.05, 3.63) is 28.5 Å². The Morgan fingerprint density at radius 3 is 2.22 bits per heavy atom. The highest BCUT2D eigenvalue weighted by molar-refractivity contribution is 7.89. The van der Waals surface area contributed by atoms with Crippen LogP contribution < -0.4 is 4.72 Å². The van der Waals surface area contributed by atoms with Crippen LogP contribution in [-0.2, 0) is 10.0 Å². The topological polar surface area (TPSA) is 46.2 Å². The average molecular weight is 294 g/mol. The molecule has 0 atom stereocenters. The van der Waals surface area contributed by atoms with Crippen LogP contribution in [-0.4, -0.2) is 14.5 Å². The van der Waals surface area contributed by atoms with Crippen molar-refractivity contribution in [2.75, 3.05) is 0 Å². The van der Waals surface area contributed by atoms with Gasteiger partial charge in [0.15, 0.2) is 5.82 Å². The van der Waals surface area contributed by atoms with Crippen molar-refractivity contribution in [2.45, 2.75) is 44.6 Å². The van der Waals surface area contributed by atoms with Crippen LogP contribution in [0.4, 0.5) is 4.39 Å². The Kier molecular flexibility index (Phi) is 4.75. The largest absolute Gasteiger partial charge is 0.243 e. The average Bonchev–Trinajstić information content (AvgIpc) is 2.18. The van der Waals surface area contributed by atoms with Gasteiger partial charge in [0.25, 0.3) is 0 Å². The first-order valence-electron chi connectivity index (χ1n) is 5.67. The number of nitrogens with one attached hydrogen (secondary N) is 1. The predicted molar refractivity (Wildman–Crippen MR) is 71.0 cm³/mol. The van der Waals surface area contributed by atoms with Gasteiger partial charge in [-0.15, -0.1) is 0 Å². The van der Waals surface area contributed by atoms with E-state index in [1.807, 2.05) is 13.8 Å². The second kappa shape index (κ2) is 5.55. The second-order valence-electron chi connectivity index (χ2n) is 4.71. The Balaban J connectivity index is 3.33. The van der Waals surface area contributed by atoms with Crippen LogP contribution in [0.1, 0.15) is 39.2 Å². The van der Waals surface area contributed by atoms with Crippen LogP contribution in [0.15, 0.2) is 17.0 Å². The molecule has 0 aliphatic rings. The minimum atomic E-state index is -3.86. The first-order valence-corrected chi connectivity index (χ1v) is 7.53. The molecule has 1 rings (SSSR count). The van der Waals surface area contributed by atoms with E-state index in [1.54, 1.807) is 19.9 Å². The van der Waals surface area contributed by atoms with Gasteiger partial charge >= 0.3 is 0 Å². The van der Waals surface area contributed by atoms with Gasteiger partial charge < -0.3 is 0 Å². The smallest absolute Gasteiger partial charge is 0.209 e. The van der Waals surface area contributed by atoms with Crippen molar-refractivity contribution in [2.24, 2.45) is 0 Å². The number of rotatable bonds is 4. The quantitative estimate of drug-likeness (QED) is 0.926. The molecule has 0 heterocycles. The molecule has 3 nitrogen and oxygen atoms in total. The van der Waals surface area contributed by atoms with Crippen molar-refractivity contribution in [1.82, 2.24) is 4.72 Å². The van der Waals surface area contributed by atoms with Crippen LogP contribution in [0.5, 0.6) is 0 Å².